The summed E-state index contributed by atoms with van der Waals surface area (Å²) in [7, 11) is 1.67. The van der Waals surface area contributed by atoms with Gasteiger partial charge in [-0.2, -0.15) is 0 Å². The van der Waals surface area contributed by atoms with Gasteiger partial charge in [0.25, 0.3) is 0 Å². The summed E-state index contributed by atoms with van der Waals surface area (Å²) in [5, 5.41) is 10.5. The van der Waals surface area contributed by atoms with Gasteiger partial charge in [-0.1, -0.05) is 11.3 Å². The van der Waals surface area contributed by atoms with Crippen LogP contribution in [0.15, 0.2) is 0 Å². The summed E-state index contributed by atoms with van der Waals surface area (Å²) in [5.74, 6) is 0. The minimum Gasteiger partial charge on any atom is -0.391 e. The molecule has 1 aromatic rings. The lowest BCUT2D eigenvalue weighted by atomic mass is 10.1. The van der Waals surface area contributed by atoms with Gasteiger partial charge < -0.3 is 14.7 Å². The third-order valence-corrected chi connectivity index (χ3v) is 5.49. The Morgan fingerprint density at radius 1 is 1.45 bits per heavy atom. The Balaban J connectivity index is 1.80. The average Bonchev–Trinajstić information content (AvgIpc) is 3.04. The van der Waals surface area contributed by atoms with E-state index in [1.54, 1.807) is 18.4 Å². The summed E-state index contributed by atoms with van der Waals surface area (Å²) < 4.78 is 5.17. The first-order chi connectivity index (χ1) is 9.72. The van der Waals surface area contributed by atoms with Crippen LogP contribution in [0.1, 0.15) is 30.3 Å². The molecule has 0 amide bonds. The quantitative estimate of drug-likeness (QED) is 0.911. The molecule has 2 fully saturated rings. The van der Waals surface area contributed by atoms with Crippen molar-refractivity contribution < 1.29 is 9.84 Å². The lowest BCUT2D eigenvalue weighted by Gasteiger charge is -2.42. The van der Waals surface area contributed by atoms with Gasteiger partial charge >= 0.3 is 0 Å². The number of thiazole rings is 1. The first-order valence-corrected chi connectivity index (χ1v) is 8.13. The van der Waals surface area contributed by atoms with Crippen molar-refractivity contribution >= 4 is 16.5 Å². The van der Waals surface area contributed by atoms with Crippen molar-refractivity contribution in [1.29, 1.82) is 0 Å². The van der Waals surface area contributed by atoms with E-state index in [9.17, 15) is 5.11 Å². The largest absolute Gasteiger partial charge is 0.391 e. The number of nitrogens with zero attached hydrogens (tertiary/aromatic N) is 3. The van der Waals surface area contributed by atoms with Crippen molar-refractivity contribution in [2.75, 3.05) is 31.6 Å². The molecule has 112 valence electrons. The molecular weight excluding hydrogens is 274 g/mol. The predicted octanol–water partition coefficient (Wildman–Crippen LogP) is 1.45. The molecule has 0 aromatic carbocycles. The zero-order valence-corrected chi connectivity index (χ0v) is 13.0. The number of aliphatic hydroxyl groups excluding tert-OH is 1. The van der Waals surface area contributed by atoms with Crippen molar-refractivity contribution in [1.82, 2.24) is 9.88 Å². The molecule has 2 saturated heterocycles. The van der Waals surface area contributed by atoms with Crippen molar-refractivity contribution in [2.24, 2.45) is 0 Å². The van der Waals surface area contributed by atoms with E-state index in [2.05, 4.69) is 16.7 Å². The summed E-state index contributed by atoms with van der Waals surface area (Å²) in [5.41, 5.74) is 0.885. The normalized spacial score (nSPS) is 27.1. The van der Waals surface area contributed by atoms with E-state index in [-0.39, 0.29) is 6.61 Å². The molecule has 1 N–H and O–H groups in total. The fraction of sp³-hybridized carbons (Fsp3) is 0.786. The van der Waals surface area contributed by atoms with Gasteiger partial charge in [-0.05, 0) is 26.3 Å². The van der Waals surface area contributed by atoms with E-state index >= 15 is 0 Å². The van der Waals surface area contributed by atoms with Crippen LogP contribution in [-0.2, 0) is 18.0 Å². The number of piperazine rings is 1. The average molecular weight is 297 g/mol. The molecule has 2 aliphatic heterocycles. The Hall–Kier alpha value is -0.690. The molecule has 2 aliphatic rings. The molecule has 0 radical (unpaired) electrons. The van der Waals surface area contributed by atoms with E-state index in [0.29, 0.717) is 18.7 Å². The number of fused-ring (bicyclic) bond motifs is 1. The molecule has 0 saturated carbocycles. The van der Waals surface area contributed by atoms with E-state index in [4.69, 9.17) is 9.72 Å². The summed E-state index contributed by atoms with van der Waals surface area (Å²) >= 11 is 1.61. The van der Waals surface area contributed by atoms with Crippen LogP contribution < -0.4 is 4.90 Å². The highest BCUT2D eigenvalue weighted by atomic mass is 32.1. The first kappa shape index (κ1) is 14.3. The molecule has 3 rings (SSSR count). The maximum absolute atomic E-state index is 9.46. The van der Waals surface area contributed by atoms with E-state index < -0.39 is 0 Å². The molecular formula is C14H23N3O2S. The number of hydrogen-bond donors (Lipinski definition) is 1. The SMILES string of the molecule is COCc1nc(N2CC3CCCN3CC2C)sc1CO. The van der Waals surface area contributed by atoms with Crippen molar-refractivity contribution in [3.8, 4) is 0 Å². The molecule has 0 bridgehead atoms. The smallest absolute Gasteiger partial charge is 0.186 e. The fourth-order valence-corrected chi connectivity index (χ4v) is 4.35. The van der Waals surface area contributed by atoms with E-state index in [1.165, 1.54) is 19.4 Å². The number of anilines is 1. The first-order valence-electron chi connectivity index (χ1n) is 7.32. The van der Waals surface area contributed by atoms with Crippen LogP contribution in [0.4, 0.5) is 5.13 Å². The van der Waals surface area contributed by atoms with Crippen molar-refractivity contribution in [3.05, 3.63) is 10.6 Å². The monoisotopic (exact) mass is 297 g/mol. The van der Waals surface area contributed by atoms with Crippen LogP contribution >= 0.6 is 11.3 Å². The van der Waals surface area contributed by atoms with Crippen LogP contribution in [-0.4, -0.2) is 53.8 Å². The zero-order valence-electron chi connectivity index (χ0n) is 12.2. The van der Waals surface area contributed by atoms with E-state index in [1.807, 2.05) is 0 Å². The number of aromatic nitrogens is 1. The van der Waals surface area contributed by atoms with Crippen LogP contribution in [0.25, 0.3) is 0 Å². The molecule has 1 aromatic heterocycles. The minimum absolute atomic E-state index is 0.0497. The second-order valence-corrected chi connectivity index (χ2v) is 6.81. The summed E-state index contributed by atoms with van der Waals surface area (Å²) in [6.45, 7) is 6.23. The molecule has 3 heterocycles. The standard InChI is InChI=1S/C14H23N3O2S/c1-10-6-16-5-3-4-11(16)7-17(10)14-15-12(9-19-2)13(8-18)20-14/h10-11,18H,3-9H2,1-2H3. The molecule has 2 atom stereocenters. The maximum atomic E-state index is 9.46. The number of rotatable bonds is 4. The van der Waals surface area contributed by atoms with E-state index in [0.717, 1.165) is 28.8 Å². The molecule has 6 heteroatoms. The zero-order chi connectivity index (χ0) is 14.1. The molecule has 0 spiro atoms. The summed E-state index contributed by atoms with van der Waals surface area (Å²) in [4.78, 5) is 10.7. The van der Waals surface area contributed by atoms with Crippen LogP contribution in [0, 0.1) is 0 Å². The minimum atomic E-state index is 0.0497. The molecule has 20 heavy (non-hydrogen) atoms. The number of ether oxygens (including phenoxy) is 1. The topological polar surface area (TPSA) is 48.8 Å². The number of methoxy groups -OCH3 is 1. The van der Waals surface area contributed by atoms with Crippen molar-refractivity contribution in [2.45, 2.75) is 45.1 Å². The van der Waals surface area contributed by atoms with Gasteiger partial charge in [-0.15, -0.1) is 0 Å². The Morgan fingerprint density at radius 3 is 3.05 bits per heavy atom. The molecule has 2 unspecified atom stereocenters. The van der Waals surface area contributed by atoms with Crippen LogP contribution in [0.5, 0.6) is 0 Å². The third-order valence-electron chi connectivity index (χ3n) is 4.37. The van der Waals surface area contributed by atoms with Gasteiger partial charge in [0.2, 0.25) is 0 Å². The highest BCUT2D eigenvalue weighted by Gasteiger charge is 2.35. The summed E-state index contributed by atoms with van der Waals surface area (Å²) in [6, 6.07) is 1.16. The third kappa shape index (κ3) is 2.57. The fourth-order valence-electron chi connectivity index (χ4n) is 3.32. The Kier molecular flexibility index (Phi) is 4.26. The maximum Gasteiger partial charge on any atom is 0.186 e. The number of aliphatic hydroxyl groups is 1. The highest BCUT2D eigenvalue weighted by Crippen LogP contribution is 2.33. The Morgan fingerprint density at radius 2 is 2.30 bits per heavy atom. The van der Waals surface area contributed by atoms with Gasteiger partial charge in [0.1, 0.15) is 0 Å². The summed E-state index contributed by atoms with van der Waals surface area (Å²) in [6.07, 6.45) is 2.62. The van der Waals surface area contributed by atoms with Gasteiger partial charge in [-0.25, -0.2) is 4.98 Å². The highest BCUT2D eigenvalue weighted by molar-refractivity contribution is 7.15. The second-order valence-electron chi connectivity index (χ2n) is 5.75. The van der Waals surface area contributed by atoms with Gasteiger partial charge in [0.05, 0.1) is 23.8 Å². The predicted molar refractivity (Wildman–Crippen MR) is 80.2 cm³/mol. The van der Waals surface area contributed by atoms with Gasteiger partial charge in [0, 0.05) is 32.3 Å². The lowest BCUT2D eigenvalue weighted by Crippen LogP contribution is -2.55. The van der Waals surface area contributed by atoms with Crippen LogP contribution in [0.3, 0.4) is 0 Å². The van der Waals surface area contributed by atoms with Crippen LogP contribution in [0.2, 0.25) is 0 Å². The second kappa shape index (κ2) is 5.97. The van der Waals surface area contributed by atoms with Crippen molar-refractivity contribution in [3.63, 3.8) is 0 Å². The van der Waals surface area contributed by atoms with Gasteiger partial charge in [-0.3, -0.25) is 4.90 Å². The lowest BCUT2D eigenvalue weighted by molar-refractivity contribution is 0.178. The molecule has 0 aliphatic carbocycles. The van der Waals surface area contributed by atoms with Gasteiger partial charge in [0.15, 0.2) is 5.13 Å². The molecule has 5 nitrogen and oxygen atoms in total. The Labute approximate surface area is 124 Å². The Bertz CT molecular complexity index is 465. The number of hydrogen-bond acceptors (Lipinski definition) is 6.